The Labute approximate surface area is 74.0 Å². The van der Waals surface area contributed by atoms with E-state index < -0.39 is 8.56 Å². The quantitative estimate of drug-likeness (QED) is 0.582. The largest absolute Gasteiger partial charge is 0.438 e. The molecular weight excluding hydrogens is 184 g/mol. The fraction of sp³-hybridized carbons (Fsp3) is 0.143. The van der Waals surface area contributed by atoms with Crippen molar-refractivity contribution >= 4 is 26.9 Å². The molecule has 0 spiro atoms. The van der Waals surface area contributed by atoms with Crippen LogP contribution in [0.4, 0.5) is 0 Å². The van der Waals surface area contributed by atoms with Crippen molar-refractivity contribution in [2.75, 3.05) is 0 Å². The summed E-state index contributed by atoms with van der Waals surface area (Å²) in [6.45, 7) is 0. The van der Waals surface area contributed by atoms with Crippen molar-refractivity contribution in [2.45, 2.75) is 6.04 Å². The fourth-order valence-corrected chi connectivity index (χ4v) is 6.60. The SMILES string of the molecule is O[SiH](Cc1ccccc1)[SiH2][SiH3]. The molecule has 0 aliphatic carbocycles. The molecular formula is C7H14OSi3. The molecule has 4 heteroatoms. The van der Waals surface area contributed by atoms with Crippen molar-refractivity contribution in [1.82, 2.24) is 0 Å². The van der Waals surface area contributed by atoms with Gasteiger partial charge in [-0.05, 0) is 21.4 Å². The molecule has 60 valence electrons. The highest BCUT2D eigenvalue weighted by molar-refractivity contribution is 7.28. The average Bonchev–Trinajstić information content (AvgIpc) is 2.06. The van der Waals surface area contributed by atoms with Gasteiger partial charge in [0.2, 0.25) is 0 Å². The van der Waals surface area contributed by atoms with Crippen molar-refractivity contribution in [2.24, 2.45) is 0 Å². The second-order valence-corrected chi connectivity index (χ2v) is 17.9. The molecule has 1 atom stereocenters. The van der Waals surface area contributed by atoms with Gasteiger partial charge < -0.3 is 4.80 Å². The zero-order valence-corrected chi connectivity index (χ0v) is 11.4. The predicted molar refractivity (Wildman–Crippen MR) is 58.0 cm³/mol. The smallest absolute Gasteiger partial charge is 0.154 e. The van der Waals surface area contributed by atoms with E-state index in [9.17, 15) is 4.80 Å². The standard InChI is InChI=1S/C7H14OSi3/c8-11(10-9)6-7-4-2-1-3-5-7/h1-5,8,11H,6,10H2,9H3. The lowest BCUT2D eigenvalue weighted by Crippen LogP contribution is -2.25. The summed E-state index contributed by atoms with van der Waals surface area (Å²) in [5.74, 6) is 0. The first-order chi connectivity index (χ1) is 5.33. The number of benzene rings is 1. The van der Waals surface area contributed by atoms with Gasteiger partial charge in [0.25, 0.3) is 0 Å². The highest BCUT2D eigenvalue weighted by Crippen LogP contribution is 1.99. The summed E-state index contributed by atoms with van der Waals surface area (Å²) < 4.78 is 0. The van der Waals surface area contributed by atoms with Crippen molar-refractivity contribution in [3.8, 4) is 0 Å². The third-order valence-corrected chi connectivity index (χ3v) is 15.8. The minimum absolute atomic E-state index is 0.0279. The van der Waals surface area contributed by atoms with Gasteiger partial charge in [-0.25, -0.2) is 0 Å². The normalized spacial score (nSPS) is 14.3. The van der Waals surface area contributed by atoms with Crippen LogP contribution in [0.25, 0.3) is 0 Å². The van der Waals surface area contributed by atoms with Crippen LogP contribution >= 0.6 is 0 Å². The average molecular weight is 198 g/mol. The summed E-state index contributed by atoms with van der Waals surface area (Å²) in [5, 5.41) is 0. The zero-order valence-electron chi connectivity index (χ0n) is 6.83. The maximum absolute atomic E-state index is 9.55. The van der Waals surface area contributed by atoms with Crippen molar-refractivity contribution in [1.29, 1.82) is 0 Å². The summed E-state index contributed by atoms with van der Waals surface area (Å²) >= 11 is 0. The monoisotopic (exact) mass is 198 g/mol. The van der Waals surface area contributed by atoms with Gasteiger partial charge in [0.15, 0.2) is 8.56 Å². The summed E-state index contributed by atoms with van der Waals surface area (Å²) in [6.07, 6.45) is 0. The number of rotatable bonds is 3. The van der Waals surface area contributed by atoms with E-state index in [-0.39, 0.29) is 8.55 Å². The molecule has 0 saturated heterocycles. The van der Waals surface area contributed by atoms with Crippen molar-refractivity contribution in [3.63, 3.8) is 0 Å². The van der Waals surface area contributed by atoms with E-state index >= 15 is 0 Å². The molecule has 0 radical (unpaired) electrons. The highest BCUT2D eigenvalue weighted by Gasteiger charge is 2.03. The van der Waals surface area contributed by atoms with Gasteiger partial charge >= 0.3 is 0 Å². The molecule has 0 aromatic heterocycles. The Hall–Kier alpha value is -0.169. The Kier molecular flexibility index (Phi) is 3.78. The molecule has 0 heterocycles. The third-order valence-electron chi connectivity index (χ3n) is 1.79. The lowest BCUT2D eigenvalue weighted by atomic mass is 10.2. The Bertz CT molecular complexity index is 202. The van der Waals surface area contributed by atoms with Gasteiger partial charge in [0.05, 0.1) is 0 Å². The van der Waals surface area contributed by atoms with Gasteiger partial charge in [-0.3, -0.25) is 0 Å². The van der Waals surface area contributed by atoms with E-state index in [0.717, 1.165) is 6.04 Å². The van der Waals surface area contributed by atoms with Crippen LogP contribution in [0.1, 0.15) is 5.56 Å². The van der Waals surface area contributed by atoms with Gasteiger partial charge in [-0.2, -0.15) is 0 Å². The van der Waals surface area contributed by atoms with E-state index in [4.69, 9.17) is 0 Å². The van der Waals surface area contributed by atoms with Gasteiger partial charge in [0.1, 0.15) is 0 Å². The minimum Gasteiger partial charge on any atom is -0.438 e. The Morgan fingerprint density at radius 1 is 1.36 bits per heavy atom. The molecule has 0 amide bonds. The molecule has 0 aliphatic rings. The second kappa shape index (κ2) is 4.66. The highest BCUT2D eigenvalue weighted by atomic mass is 29.5. The molecule has 1 nitrogen and oxygen atoms in total. The fourth-order valence-electron chi connectivity index (χ4n) is 1.03. The molecule has 0 bridgehead atoms. The van der Waals surface area contributed by atoms with E-state index in [0.29, 0.717) is 0 Å². The summed E-state index contributed by atoms with van der Waals surface area (Å²) in [7, 11) is 0.105. The topological polar surface area (TPSA) is 20.2 Å². The van der Waals surface area contributed by atoms with Crippen LogP contribution in [0.5, 0.6) is 0 Å². The summed E-state index contributed by atoms with van der Waals surface area (Å²) in [5.41, 5.74) is 1.33. The van der Waals surface area contributed by atoms with Crippen LogP contribution < -0.4 is 0 Å². The van der Waals surface area contributed by atoms with Crippen LogP contribution in [0.15, 0.2) is 30.3 Å². The van der Waals surface area contributed by atoms with E-state index in [1.54, 1.807) is 0 Å². The first-order valence-corrected chi connectivity index (χ1v) is 14.3. The molecule has 1 aromatic rings. The first-order valence-electron chi connectivity index (χ1n) is 4.05. The minimum atomic E-state index is -1.21. The lowest BCUT2D eigenvalue weighted by Gasteiger charge is -2.03. The van der Waals surface area contributed by atoms with E-state index in [1.165, 1.54) is 15.3 Å². The summed E-state index contributed by atoms with van der Waals surface area (Å²) in [6, 6.07) is 11.4. The molecule has 1 unspecified atom stereocenters. The number of hydrogen-bond donors (Lipinski definition) is 1. The molecule has 0 saturated carbocycles. The van der Waals surface area contributed by atoms with Gasteiger partial charge in [0, 0.05) is 8.55 Å². The Morgan fingerprint density at radius 3 is 2.55 bits per heavy atom. The van der Waals surface area contributed by atoms with Crippen LogP contribution in [0.2, 0.25) is 0 Å². The third kappa shape index (κ3) is 3.15. The number of hydrogen-bond acceptors (Lipinski definition) is 1. The van der Waals surface area contributed by atoms with E-state index in [1.807, 2.05) is 18.2 Å². The molecule has 0 aliphatic heterocycles. The maximum Gasteiger partial charge on any atom is 0.154 e. The molecule has 1 aromatic carbocycles. The molecule has 1 rings (SSSR count). The maximum atomic E-state index is 9.55. The van der Waals surface area contributed by atoms with Crippen molar-refractivity contribution < 1.29 is 4.80 Å². The Balaban J connectivity index is 2.51. The second-order valence-electron chi connectivity index (χ2n) is 2.75. The van der Waals surface area contributed by atoms with E-state index in [2.05, 4.69) is 12.1 Å². The first kappa shape index (κ1) is 8.92. The molecule has 1 N–H and O–H groups in total. The van der Waals surface area contributed by atoms with Crippen LogP contribution in [-0.2, 0) is 6.04 Å². The van der Waals surface area contributed by atoms with Crippen LogP contribution in [0.3, 0.4) is 0 Å². The predicted octanol–water partition coefficient (Wildman–Crippen LogP) is -1.57. The van der Waals surface area contributed by atoms with Gasteiger partial charge in [-0.15, -0.1) is 0 Å². The molecule has 0 fully saturated rings. The Morgan fingerprint density at radius 2 is 2.00 bits per heavy atom. The molecule has 11 heavy (non-hydrogen) atoms. The van der Waals surface area contributed by atoms with Crippen LogP contribution in [-0.4, -0.2) is 31.7 Å². The zero-order chi connectivity index (χ0) is 8.10. The summed E-state index contributed by atoms with van der Waals surface area (Å²) in [4.78, 5) is 9.55. The van der Waals surface area contributed by atoms with Crippen molar-refractivity contribution in [3.05, 3.63) is 35.9 Å². The lowest BCUT2D eigenvalue weighted by molar-refractivity contribution is 0.591. The van der Waals surface area contributed by atoms with Gasteiger partial charge in [-0.1, -0.05) is 30.3 Å². The van der Waals surface area contributed by atoms with Crippen LogP contribution in [0, 0.1) is 0 Å².